The Kier molecular flexibility index (Phi) is 3.74. The predicted molar refractivity (Wildman–Crippen MR) is 84.4 cm³/mol. The molecular weight excluding hydrogens is 268 g/mol. The molecule has 1 aliphatic rings. The zero-order valence-electron chi connectivity index (χ0n) is 11.5. The highest BCUT2D eigenvalue weighted by Gasteiger charge is 2.24. The minimum Gasteiger partial charge on any atom is -0.376 e. The van der Waals surface area contributed by atoms with Crippen LogP contribution in [0.2, 0.25) is 0 Å². The van der Waals surface area contributed by atoms with E-state index in [-0.39, 0.29) is 11.9 Å². The van der Waals surface area contributed by atoms with E-state index in [4.69, 9.17) is 0 Å². The van der Waals surface area contributed by atoms with E-state index in [1.807, 2.05) is 29.2 Å². The Labute approximate surface area is 123 Å². The second kappa shape index (κ2) is 5.67. The largest absolute Gasteiger partial charge is 0.376 e. The van der Waals surface area contributed by atoms with Gasteiger partial charge in [-0.2, -0.15) is 0 Å². The van der Waals surface area contributed by atoms with Crippen molar-refractivity contribution in [1.29, 1.82) is 0 Å². The van der Waals surface area contributed by atoms with Gasteiger partial charge in [0.2, 0.25) is 5.91 Å². The number of rotatable bonds is 4. The summed E-state index contributed by atoms with van der Waals surface area (Å²) in [5, 5.41) is 5.61. The van der Waals surface area contributed by atoms with Gasteiger partial charge in [0.05, 0.1) is 17.4 Å². The Morgan fingerprint density at radius 1 is 1.25 bits per heavy atom. The molecule has 1 unspecified atom stereocenters. The average Bonchev–Trinajstić information content (AvgIpc) is 3.10. The van der Waals surface area contributed by atoms with Crippen molar-refractivity contribution in [3.8, 4) is 0 Å². The molecule has 0 aliphatic carbocycles. The van der Waals surface area contributed by atoms with E-state index < -0.39 is 0 Å². The third-order valence-corrected chi connectivity index (χ3v) is 4.67. The number of nitrogens with zero attached hydrogens (tertiary/aromatic N) is 1. The van der Waals surface area contributed by atoms with Crippen molar-refractivity contribution >= 4 is 28.6 Å². The SMILES string of the molecule is CC(Nc1ccccc1N1CCCC1=O)c1cccs1. The first-order valence-corrected chi connectivity index (χ1v) is 7.83. The molecule has 0 radical (unpaired) electrons. The molecule has 0 bridgehead atoms. The van der Waals surface area contributed by atoms with Gasteiger partial charge in [-0.05, 0) is 36.9 Å². The van der Waals surface area contributed by atoms with Gasteiger partial charge >= 0.3 is 0 Å². The summed E-state index contributed by atoms with van der Waals surface area (Å²) < 4.78 is 0. The first-order chi connectivity index (χ1) is 9.75. The quantitative estimate of drug-likeness (QED) is 0.919. The van der Waals surface area contributed by atoms with Crippen LogP contribution in [0.5, 0.6) is 0 Å². The molecule has 1 atom stereocenters. The predicted octanol–water partition coefficient (Wildman–Crippen LogP) is 4.05. The van der Waals surface area contributed by atoms with E-state index >= 15 is 0 Å². The Balaban J connectivity index is 1.84. The van der Waals surface area contributed by atoms with Crippen LogP contribution in [0, 0.1) is 0 Å². The van der Waals surface area contributed by atoms with Gasteiger partial charge < -0.3 is 10.2 Å². The smallest absolute Gasteiger partial charge is 0.227 e. The summed E-state index contributed by atoms with van der Waals surface area (Å²) >= 11 is 1.75. The topological polar surface area (TPSA) is 32.3 Å². The first kappa shape index (κ1) is 13.2. The molecule has 1 saturated heterocycles. The number of para-hydroxylation sites is 2. The van der Waals surface area contributed by atoms with Crippen molar-refractivity contribution < 1.29 is 4.79 Å². The molecule has 4 heteroatoms. The molecule has 1 aliphatic heterocycles. The van der Waals surface area contributed by atoms with Crippen LogP contribution in [0.1, 0.15) is 30.7 Å². The van der Waals surface area contributed by atoms with Gasteiger partial charge in [0.25, 0.3) is 0 Å². The van der Waals surface area contributed by atoms with Crippen molar-refractivity contribution in [3.05, 3.63) is 46.7 Å². The Morgan fingerprint density at radius 2 is 2.10 bits per heavy atom. The number of carbonyl (C=O) groups excluding carboxylic acids is 1. The molecule has 2 heterocycles. The van der Waals surface area contributed by atoms with Gasteiger partial charge in [0.15, 0.2) is 0 Å². The number of thiophene rings is 1. The summed E-state index contributed by atoms with van der Waals surface area (Å²) in [7, 11) is 0. The summed E-state index contributed by atoms with van der Waals surface area (Å²) in [5.41, 5.74) is 2.03. The fourth-order valence-electron chi connectivity index (χ4n) is 2.58. The Bertz CT molecular complexity index is 594. The molecule has 1 amide bonds. The van der Waals surface area contributed by atoms with Crippen LogP contribution in [-0.2, 0) is 4.79 Å². The molecule has 1 aromatic carbocycles. The number of carbonyl (C=O) groups is 1. The molecule has 3 rings (SSSR count). The van der Waals surface area contributed by atoms with E-state index in [0.29, 0.717) is 6.42 Å². The Morgan fingerprint density at radius 3 is 2.80 bits per heavy atom. The number of hydrogen-bond acceptors (Lipinski definition) is 3. The fourth-order valence-corrected chi connectivity index (χ4v) is 3.31. The highest BCUT2D eigenvalue weighted by Crippen LogP contribution is 2.32. The van der Waals surface area contributed by atoms with E-state index in [9.17, 15) is 4.79 Å². The lowest BCUT2D eigenvalue weighted by Gasteiger charge is -2.22. The van der Waals surface area contributed by atoms with Gasteiger partial charge in [-0.1, -0.05) is 18.2 Å². The molecule has 0 spiro atoms. The standard InChI is InChI=1S/C16H18N2OS/c1-12(15-8-5-11-20-15)17-13-6-2-3-7-14(13)18-10-4-9-16(18)19/h2-3,5-8,11-12,17H,4,9-10H2,1H3. The maximum absolute atomic E-state index is 11.9. The van der Waals surface area contributed by atoms with Crippen molar-refractivity contribution in [1.82, 2.24) is 0 Å². The summed E-state index contributed by atoms with van der Waals surface area (Å²) in [6.45, 7) is 2.97. The monoisotopic (exact) mass is 286 g/mol. The van der Waals surface area contributed by atoms with E-state index in [1.54, 1.807) is 11.3 Å². The maximum atomic E-state index is 11.9. The fraction of sp³-hybridized carbons (Fsp3) is 0.312. The van der Waals surface area contributed by atoms with E-state index in [2.05, 4.69) is 29.8 Å². The van der Waals surface area contributed by atoms with Crippen LogP contribution in [0.25, 0.3) is 0 Å². The third-order valence-electron chi connectivity index (χ3n) is 3.61. The highest BCUT2D eigenvalue weighted by molar-refractivity contribution is 7.10. The van der Waals surface area contributed by atoms with Crippen molar-refractivity contribution in [3.63, 3.8) is 0 Å². The van der Waals surface area contributed by atoms with Crippen LogP contribution in [0.15, 0.2) is 41.8 Å². The van der Waals surface area contributed by atoms with Gasteiger partial charge in [-0.25, -0.2) is 0 Å². The summed E-state index contributed by atoms with van der Waals surface area (Å²) in [4.78, 5) is 15.1. The second-order valence-electron chi connectivity index (χ2n) is 5.05. The summed E-state index contributed by atoms with van der Waals surface area (Å²) in [6.07, 6.45) is 1.61. The summed E-state index contributed by atoms with van der Waals surface area (Å²) in [6, 6.07) is 12.5. The van der Waals surface area contributed by atoms with Crippen LogP contribution in [0.4, 0.5) is 11.4 Å². The lowest BCUT2D eigenvalue weighted by Crippen LogP contribution is -2.25. The lowest BCUT2D eigenvalue weighted by molar-refractivity contribution is -0.117. The maximum Gasteiger partial charge on any atom is 0.227 e. The van der Waals surface area contributed by atoms with Gasteiger partial charge in [-0.3, -0.25) is 4.79 Å². The minimum atomic E-state index is 0.225. The van der Waals surface area contributed by atoms with Gasteiger partial charge in [-0.15, -0.1) is 11.3 Å². The summed E-state index contributed by atoms with van der Waals surface area (Å²) in [5.74, 6) is 0.225. The molecule has 1 fully saturated rings. The zero-order valence-corrected chi connectivity index (χ0v) is 12.3. The molecule has 1 N–H and O–H groups in total. The Hall–Kier alpha value is -1.81. The highest BCUT2D eigenvalue weighted by atomic mass is 32.1. The number of hydrogen-bond donors (Lipinski definition) is 1. The number of amides is 1. The van der Waals surface area contributed by atoms with Crippen LogP contribution >= 0.6 is 11.3 Å². The number of benzene rings is 1. The third kappa shape index (κ3) is 2.56. The normalized spacial score (nSPS) is 16.4. The van der Waals surface area contributed by atoms with E-state index in [1.165, 1.54) is 4.88 Å². The number of anilines is 2. The van der Waals surface area contributed by atoms with Crippen molar-refractivity contribution in [2.45, 2.75) is 25.8 Å². The lowest BCUT2D eigenvalue weighted by atomic mass is 10.2. The average molecular weight is 286 g/mol. The molecular formula is C16H18N2OS. The molecule has 104 valence electrons. The molecule has 20 heavy (non-hydrogen) atoms. The molecule has 2 aromatic rings. The number of nitrogens with one attached hydrogen (secondary N) is 1. The van der Waals surface area contributed by atoms with Crippen LogP contribution < -0.4 is 10.2 Å². The van der Waals surface area contributed by atoms with Gasteiger partial charge in [0.1, 0.15) is 0 Å². The first-order valence-electron chi connectivity index (χ1n) is 6.95. The minimum absolute atomic E-state index is 0.225. The molecule has 3 nitrogen and oxygen atoms in total. The van der Waals surface area contributed by atoms with Crippen molar-refractivity contribution in [2.24, 2.45) is 0 Å². The zero-order chi connectivity index (χ0) is 13.9. The van der Waals surface area contributed by atoms with Crippen LogP contribution in [0.3, 0.4) is 0 Å². The molecule has 0 saturated carbocycles. The van der Waals surface area contributed by atoms with Crippen LogP contribution in [-0.4, -0.2) is 12.5 Å². The van der Waals surface area contributed by atoms with Crippen molar-refractivity contribution in [2.75, 3.05) is 16.8 Å². The van der Waals surface area contributed by atoms with E-state index in [0.717, 1.165) is 24.3 Å². The molecule has 1 aromatic heterocycles. The van der Waals surface area contributed by atoms with Gasteiger partial charge in [0, 0.05) is 17.8 Å². The second-order valence-corrected chi connectivity index (χ2v) is 6.03.